The summed E-state index contributed by atoms with van der Waals surface area (Å²) in [5.41, 5.74) is 0.218. The number of benzene rings is 1. The highest BCUT2D eigenvalue weighted by molar-refractivity contribution is 5.90. The van der Waals surface area contributed by atoms with Gasteiger partial charge in [0.2, 0.25) is 23.6 Å². The molecule has 1 aliphatic rings. The molecule has 1 fully saturated rings. The number of rotatable bonds is 27. The van der Waals surface area contributed by atoms with Crippen LogP contribution in [-0.2, 0) is 44.6 Å². The fourth-order valence-corrected chi connectivity index (χ4v) is 9.10. The van der Waals surface area contributed by atoms with Crippen molar-refractivity contribution in [2.45, 2.75) is 169 Å². The van der Waals surface area contributed by atoms with Crippen molar-refractivity contribution in [3.8, 4) is 0 Å². The number of methoxy groups -OCH3 is 2. The highest BCUT2D eigenvalue weighted by atomic mass is 16.6. The Labute approximate surface area is 396 Å². The molecule has 2 rings (SSSR count). The number of ether oxygens (including phenoxy) is 3. The molecule has 376 valence electrons. The molecule has 0 unspecified atom stereocenters. The number of hydrogen-bond donors (Lipinski definition) is 3. The van der Waals surface area contributed by atoms with Crippen LogP contribution in [0.1, 0.15) is 120 Å². The second kappa shape index (κ2) is 27.5. The third-order valence-corrected chi connectivity index (χ3v) is 13.0. The van der Waals surface area contributed by atoms with E-state index in [0.29, 0.717) is 38.9 Å². The first-order valence-electron chi connectivity index (χ1n) is 24.0. The number of likely N-dealkylation sites (N-methyl/N-ethyl adjacent to an activating group) is 2. The summed E-state index contributed by atoms with van der Waals surface area (Å²) in [6.45, 7) is 20.7. The lowest BCUT2D eigenvalue weighted by Gasteiger charge is -2.41. The van der Waals surface area contributed by atoms with E-state index in [2.05, 4.69) is 10.6 Å². The first-order valence-corrected chi connectivity index (χ1v) is 24.0. The number of carboxylic acids is 1. The molecule has 1 aliphatic heterocycles. The molecule has 0 radical (unpaired) electrons. The lowest BCUT2D eigenvalue weighted by molar-refractivity contribution is -0.148. The van der Waals surface area contributed by atoms with Crippen LogP contribution in [0.3, 0.4) is 0 Å². The van der Waals surface area contributed by atoms with Gasteiger partial charge >= 0.3 is 12.1 Å². The number of unbranched alkanes of at least 4 members (excludes halogenated alkanes) is 2. The number of likely N-dealkylation sites (tertiary alicyclic amines) is 1. The lowest BCUT2D eigenvalue weighted by Crippen LogP contribution is -2.60. The molecule has 0 spiro atoms. The van der Waals surface area contributed by atoms with Gasteiger partial charge in [-0.05, 0) is 83.4 Å². The second-order valence-corrected chi connectivity index (χ2v) is 20.0. The highest BCUT2D eigenvalue weighted by Crippen LogP contribution is 2.30. The molecule has 66 heavy (non-hydrogen) atoms. The zero-order chi connectivity index (χ0) is 50.1. The second-order valence-electron chi connectivity index (χ2n) is 20.0. The largest absolute Gasteiger partial charge is 0.480 e. The van der Waals surface area contributed by atoms with Crippen LogP contribution < -0.4 is 10.6 Å². The molecule has 0 aliphatic carbocycles. The van der Waals surface area contributed by atoms with Gasteiger partial charge < -0.3 is 44.7 Å². The maximum atomic E-state index is 14.6. The Kier molecular flexibility index (Phi) is 24.1. The Hall–Kier alpha value is -4.28. The Morgan fingerprint density at radius 3 is 2.00 bits per heavy atom. The van der Waals surface area contributed by atoms with Crippen LogP contribution in [0.4, 0.5) is 4.79 Å². The van der Waals surface area contributed by atoms with E-state index in [1.807, 2.05) is 105 Å². The van der Waals surface area contributed by atoms with Crippen LogP contribution in [0, 0.1) is 23.7 Å². The molecule has 3 N–H and O–H groups in total. The molecule has 0 bridgehead atoms. The van der Waals surface area contributed by atoms with E-state index in [4.69, 9.17) is 14.2 Å². The van der Waals surface area contributed by atoms with E-state index in [9.17, 15) is 33.9 Å². The highest BCUT2D eigenvalue weighted by Gasteiger charge is 2.43. The number of carbonyl (C=O) groups excluding carboxylic acids is 5. The van der Waals surface area contributed by atoms with Gasteiger partial charge in [-0.2, -0.15) is 0 Å². The van der Waals surface area contributed by atoms with Crippen LogP contribution in [-0.4, -0.2) is 163 Å². The summed E-state index contributed by atoms with van der Waals surface area (Å²) in [4.78, 5) is 88.2. The van der Waals surface area contributed by atoms with Gasteiger partial charge in [0.1, 0.15) is 17.7 Å². The molecule has 1 aromatic rings. The summed E-state index contributed by atoms with van der Waals surface area (Å²) in [5.74, 6) is -3.49. The average Bonchev–Trinajstić information content (AvgIpc) is 3.73. The summed E-state index contributed by atoms with van der Waals surface area (Å²) in [7, 11) is 8.40. The van der Waals surface area contributed by atoms with Crippen molar-refractivity contribution < 1.29 is 48.1 Å². The predicted molar refractivity (Wildman–Crippen MR) is 257 cm³/mol. The number of carboxylic acid groups (broad SMARTS) is 1. The van der Waals surface area contributed by atoms with Gasteiger partial charge in [-0.25, -0.2) is 9.59 Å². The van der Waals surface area contributed by atoms with Gasteiger partial charge in [0.15, 0.2) is 0 Å². The molecule has 0 saturated carbocycles. The standard InChI is InChI=1S/C50H86N6O10/c1-16-34(6)43(55(13)47(60)41(32(2)3)52-46(59)42(33(4)5)53(11)27-21-18-22-28-54(12)49(63)66-50(8,9)10)39(64-14)31-40(57)56-29-23-26-38(56)44(65-15)35(7)45(58)51-37(48(61)62)30-36-24-19-17-20-25-36/h17,19-20,24-25,32-35,37-39,41-44H,16,18,21-23,26-31H2,1-15H3,(H,51,58)(H,52,59)(H,61,62)/t34-,35+,37+,38-,39+,41-,42-,43-,44+/m0/s1. The Bertz CT molecular complexity index is 1690. The molecule has 16 nitrogen and oxygen atoms in total. The lowest BCUT2D eigenvalue weighted by atomic mass is 9.89. The summed E-state index contributed by atoms with van der Waals surface area (Å²) in [5, 5.41) is 15.7. The summed E-state index contributed by atoms with van der Waals surface area (Å²) >= 11 is 0. The fraction of sp³-hybridized carbons (Fsp3) is 0.760. The third-order valence-electron chi connectivity index (χ3n) is 13.0. The van der Waals surface area contributed by atoms with Crippen LogP contribution in [0.5, 0.6) is 0 Å². The fourth-order valence-electron chi connectivity index (χ4n) is 9.10. The van der Waals surface area contributed by atoms with Gasteiger partial charge in [0.05, 0.1) is 42.7 Å². The van der Waals surface area contributed by atoms with E-state index in [0.717, 1.165) is 24.8 Å². The van der Waals surface area contributed by atoms with E-state index in [1.54, 1.807) is 35.7 Å². The van der Waals surface area contributed by atoms with Gasteiger partial charge in [-0.3, -0.25) is 24.1 Å². The van der Waals surface area contributed by atoms with Crippen molar-refractivity contribution in [2.75, 3.05) is 55.0 Å². The quantitative estimate of drug-likeness (QED) is 0.0899. The van der Waals surface area contributed by atoms with Crippen molar-refractivity contribution in [3.63, 3.8) is 0 Å². The van der Waals surface area contributed by atoms with Gasteiger partial charge in [0.25, 0.3) is 0 Å². The monoisotopic (exact) mass is 931 g/mol. The minimum atomic E-state index is -1.15. The van der Waals surface area contributed by atoms with E-state index in [-0.39, 0.29) is 54.4 Å². The van der Waals surface area contributed by atoms with Crippen molar-refractivity contribution in [1.29, 1.82) is 0 Å². The Balaban J connectivity index is 2.19. The van der Waals surface area contributed by atoms with E-state index >= 15 is 0 Å². The first kappa shape index (κ1) is 57.8. The first-order chi connectivity index (χ1) is 30.9. The third kappa shape index (κ3) is 17.4. The molecular formula is C50H86N6O10. The number of carbonyl (C=O) groups is 6. The maximum absolute atomic E-state index is 14.6. The topological polar surface area (TPSA) is 187 Å². The smallest absolute Gasteiger partial charge is 0.410 e. The maximum Gasteiger partial charge on any atom is 0.410 e. The molecule has 9 atom stereocenters. The summed E-state index contributed by atoms with van der Waals surface area (Å²) in [6, 6.07) is 5.65. The van der Waals surface area contributed by atoms with E-state index < -0.39 is 65.8 Å². The Morgan fingerprint density at radius 2 is 1.47 bits per heavy atom. The number of nitrogens with zero attached hydrogens (tertiary/aromatic N) is 4. The van der Waals surface area contributed by atoms with Crippen molar-refractivity contribution in [2.24, 2.45) is 23.7 Å². The molecule has 1 saturated heterocycles. The molecule has 0 aromatic heterocycles. The minimum absolute atomic E-state index is 0.0367. The van der Waals surface area contributed by atoms with E-state index in [1.165, 1.54) is 14.2 Å². The minimum Gasteiger partial charge on any atom is -0.480 e. The number of nitrogens with one attached hydrogen (secondary N) is 2. The number of aliphatic carboxylic acids is 1. The van der Waals surface area contributed by atoms with Crippen LogP contribution in [0.2, 0.25) is 0 Å². The van der Waals surface area contributed by atoms with Crippen molar-refractivity contribution in [3.05, 3.63) is 35.9 Å². The number of amides is 5. The average molecular weight is 931 g/mol. The summed E-state index contributed by atoms with van der Waals surface area (Å²) < 4.78 is 17.4. The molecule has 16 heteroatoms. The zero-order valence-corrected chi connectivity index (χ0v) is 42.9. The molecule has 1 heterocycles. The zero-order valence-electron chi connectivity index (χ0n) is 42.9. The normalized spacial score (nSPS) is 17.9. The number of hydrogen-bond acceptors (Lipinski definition) is 10. The molecular weight excluding hydrogens is 845 g/mol. The van der Waals surface area contributed by atoms with Crippen molar-refractivity contribution in [1.82, 2.24) is 30.2 Å². The van der Waals surface area contributed by atoms with Crippen LogP contribution in [0.15, 0.2) is 30.3 Å². The van der Waals surface area contributed by atoms with Crippen molar-refractivity contribution >= 4 is 35.7 Å². The SMILES string of the molecule is CC[C@H](C)[C@@H]([C@@H](CC(=O)N1CCC[C@H]1[C@H](OC)[C@@H](C)C(=O)N[C@H](Cc1ccccc1)C(=O)O)OC)N(C)C(=O)[C@@H](NC(=O)[C@H](C(C)C)N(C)CCCCCN(C)C(=O)OC(C)(C)C)C(C)C. The molecule has 1 aromatic carbocycles. The van der Waals surface area contributed by atoms with Gasteiger partial charge in [-0.1, -0.05) is 91.6 Å². The van der Waals surface area contributed by atoms with Gasteiger partial charge in [-0.15, -0.1) is 0 Å². The molecule has 5 amide bonds. The Morgan fingerprint density at radius 1 is 0.848 bits per heavy atom. The van der Waals surface area contributed by atoms with Crippen LogP contribution >= 0.6 is 0 Å². The predicted octanol–water partition coefficient (Wildman–Crippen LogP) is 5.85. The summed E-state index contributed by atoms with van der Waals surface area (Å²) in [6.07, 6.45) is 2.77. The van der Waals surface area contributed by atoms with Crippen LogP contribution in [0.25, 0.3) is 0 Å². The van der Waals surface area contributed by atoms with Gasteiger partial charge in [0, 0.05) is 47.8 Å².